The molecule has 1 N–H and O–H groups in total. The third kappa shape index (κ3) is 3.49. The second-order valence-corrected chi connectivity index (χ2v) is 6.99. The highest BCUT2D eigenvalue weighted by molar-refractivity contribution is 5.91. The topological polar surface area (TPSA) is 73.3 Å². The molecular weight excluding hydrogens is 330 g/mol. The molecule has 2 aliphatic rings. The van der Waals surface area contributed by atoms with Gasteiger partial charge in [0.05, 0.1) is 12.7 Å². The number of hydrogen-bond acceptors (Lipinski definition) is 5. The lowest BCUT2D eigenvalue weighted by Gasteiger charge is -2.10. The van der Waals surface area contributed by atoms with E-state index in [9.17, 15) is 4.79 Å². The predicted molar refractivity (Wildman–Crippen MR) is 97.3 cm³/mol. The van der Waals surface area contributed by atoms with Crippen LogP contribution in [0.4, 0.5) is 5.82 Å². The van der Waals surface area contributed by atoms with Crippen LogP contribution >= 0.6 is 0 Å². The molecule has 2 aromatic rings. The lowest BCUT2D eigenvalue weighted by Crippen LogP contribution is -2.17. The molecule has 26 heavy (non-hydrogen) atoms. The van der Waals surface area contributed by atoms with Gasteiger partial charge in [-0.25, -0.2) is 9.97 Å². The highest BCUT2D eigenvalue weighted by Crippen LogP contribution is 2.38. The molecule has 1 fully saturated rings. The minimum absolute atomic E-state index is 0.0331. The maximum Gasteiger partial charge on any atom is 0.225 e. The summed E-state index contributed by atoms with van der Waals surface area (Å²) in [5.74, 6) is 2.48. The average molecular weight is 353 g/mol. The fourth-order valence-corrected chi connectivity index (χ4v) is 3.82. The second-order valence-electron chi connectivity index (χ2n) is 6.99. The van der Waals surface area contributed by atoms with Gasteiger partial charge in [0.1, 0.15) is 24.0 Å². The van der Waals surface area contributed by atoms with E-state index in [2.05, 4.69) is 15.3 Å². The van der Waals surface area contributed by atoms with Gasteiger partial charge in [-0.15, -0.1) is 0 Å². The molecule has 4 rings (SSSR count). The number of anilines is 1. The lowest BCUT2D eigenvalue weighted by atomic mass is 10.0. The fourth-order valence-electron chi connectivity index (χ4n) is 3.82. The van der Waals surface area contributed by atoms with Crippen molar-refractivity contribution in [3.05, 3.63) is 41.7 Å². The zero-order valence-electron chi connectivity index (χ0n) is 14.9. The van der Waals surface area contributed by atoms with Crippen molar-refractivity contribution in [2.75, 3.05) is 12.4 Å². The van der Waals surface area contributed by atoms with Gasteiger partial charge in [-0.2, -0.15) is 0 Å². The van der Waals surface area contributed by atoms with Crippen molar-refractivity contribution in [1.29, 1.82) is 0 Å². The van der Waals surface area contributed by atoms with E-state index in [1.54, 1.807) is 7.11 Å². The first-order chi connectivity index (χ1) is 12.7. The molecule has 1 aromatic carbocycles. The van der Waals surface area contributed by atoms with Gasteiger partial charge >= 0.3 is 0 Å². The predicted octanol–water partition coefficient (Wildman–Crippen LogP) is 3.68. The minimum Gasteiger partial charge on any atom is -0.497 e. The highest BCUT2D eigenvalue weighted by atomic mass is 16.5. The number of carbonyl (C=O) groups is 1. The summed E-state index contributed by atoms with van der Waals surface area (Å²) >= 11 is 0. The summed E-state index contributed by atoms with van der Waals surface area (Å²) in [6, 6.07) is 7.80. The molecule has 1 amide bonds. The van der Waals surface area contributed by atoms with Crippen LogP contribution in [0.3, 0.4) is 0 Å². The molecule has 1 aromatic heterocycles. The van der Waals surface area contributed by atoms with Crippen molar-refractivity contribution in [2.24, 2.45) is 5.92 Å². The minimum atomic E-state index is -0.127. The molecule has 0 saturated heterocycles. The Labute approximate surface area is 153 Å². The van der Waals surface area contributed by atoms with Crippen molar-refractivity contribution in [3.8, 4) is 11.6 Å². The van der Waals surface area contributed by atoms with Crippen LogP contribution in [0, 0.1) is 5.92 Å². The number of carbonyl (C=O) groups excluding carboxylic acids is 1. The molecule has 1 aliphatic carbocycles. The highest BCUT2D eigenvalue weighted by Gasteiger charge is 2.29. The van der Waals surface area contributed by atoms with Gasteiger partial charge in [0.15, 0.2) is 0 Å². The van der Waals surface area contributed by atoms with Crippen LogP contribution in [-0.4, -0.2) is 23.0 Å². The number of nitrogens with zero attached hydrogens (tertiary/aromatic N) is 2. The van der Waals surface area contributed by atoms with Crippen LogP contribution in [0.5, 0.6) is 11.6 Å². The molecule has 6 heteroatoms. The van der Waals surface area contributed by atoms with E-state index in [-0.39, 0.29) is 12.0 Å². The molecule has 0 radical (unpaired) electrons. The van der Waals surface area contributed by atoms with E-state index < -0.39 is 0 Å². The number of fused-ring (bicyclic) bond motifs is 1. The molecule has 0 bridgehead atoms. The average Bonchev–Trinajstić information content (AvgIpc) is 3.32. The van der Waals surface area contributed by atoms with Gasteiger partial charge in [0, 0.05) is 12.8 Å². The van der Waals surface area contributed by atoms with Crippen LogP contribution < -0.4 is 14.8 Å². The standard InChI is InChI=1S/C20H23N3O3/c1-25-15-8-6-14(7-9-15)17-11-16-19(21-12-22-20(16)26-17)23-18(24)10-13-4-2-3-5-13/h6-9,12-13,17H,2-5,10-11H2,1H3,(H,21,22,23,24). The molecule has 2 heterocycles. The van der Waals surface area contributed by atoms with E-state index in [4.69, 9.17) is 9.47 Å². The number of benzene rings is 1. The van der Waals surface area contributed by atoms with Crippen LogP contribution in [0.1, 0.15) is 49.3 Å². The van der Waals surface area contributed by atoms with Crippen molar-refractivity contribution >= 4 is 11.7 Å². The van der Waals surface area contributed by atoms with E-state index >= 15 is 0 Å². The SMILES string of the molecule is COc1ccc(C2Cc3c(NC(=O)CC4CCCC4)ncnc3O2)cc1. The second kappa shape index (κ2) is 7.32. The van der Waals surface area contributed by atoms with E-state index in [1.165, 1.54) is 19.2 Å². The largest absolute Gasteiger partial charge is 0.497 e. The molecule has 136 valence electrons. The van der Waals surface area contributed by atoms with E-state index in [0.717, 1.165) is 29.7 Å². The van der Waals surface area contributed by atoms with Gasteiger partial charge in [0.2, 0.25) is 11.8 Å². The van der Waals surface area contributed by atoms with E-state index in [0.29, 0.717) is 30.5 Å². The molecule has 1 atom stereocenters. The number of methoxy groups -OCH3 is 1. The fraction of sp³-hybridized carbons (Fsp3) is 0.450. The molecule has 1 aliphatic heterocycles. The molecule has 1 saturated carbocycles. The van der Waals surface area contributed by atoms with Gasteiger partial charge in [-0.05, 0) is 36.5 Å². The van der Waals surface area contributed by atoms with Crippen LogP contribution in [0.2, 0.25) is 0 Å². The molecule has 1 unspecified atom stereocenters. The summed E-state index contributed by atoms with van der Waals surface area (Å²) in [7, 11) is 1.65. The number of ether oxygens (including phenoxy) is 2. The summed E-state index contributed by atoms with van der Waals surface area (Å²) in [5.41, 5.74) is 1.92. The summed E-state index contributed by atoms with van der Waals surface area (Å²) in [4.78, 5) is 20.9. The molecular formula is C20H23N3O3. The smallest absolute Gasteiger partial charge is 0.225 e. The Morgan fingerprint density at radius 1 is 1.23 bits per heavy atom. The van der Waals surface area contributed by atoms with Crippen LogP contribution in [0.15, 0.2) is 30.6 Å². The first kappa shape index (κ1) is 16.8. The van der Waals surface area contributed by atoms with Gasteiger partial charge in [0.25, 0.3) is 0 Å². The first-order valence-electron chi connectivity index (χ1n) is 9.17. The van der Waals surface area contributed by atoms with Crippen molar-refractivity contribution in [2.45, 2.75) is 44.6 Å². The zero-order valence-corrected chi connectivity index (χ0v) is 14.9. The molecule has 0 spiro atoms. The van der Waals surface area contributed by atoms with Crippen molar-refractivity contribution < 1.29 is 14.3 Å². The van der Waals surface area contributed by atoms with Gasteiger partial charge in [-0.1, -0.05) is 25.0 Å². The normalized spacial score (nSPS) is 19.0. The number of nitrogens with one attached hydrogen (secondary N) is 1. The monoisotopic (exact) mass is 353 g/mol. The zero-order chi connectivity index (χ0) is 17.9. The molecule has 6 nitrogen and oxygen atoms in total. The summed E-state index contributed by atoms with van der Waals surface area (Å²) < 4.78 is 11.2. The Hall–Kier alpha value is -2.63. The number of amides is 1. The maximum atomic E-state index is 12.4. The van der Waals surface area contributed by atoms with Crippen LogP contribution in [-0.2, 0) is 11.2 Å². The number of rotatable bonds is 5. The van der Waals surface area contributed by atoms with Gasteiger partial charge in [-0.3, -0.25) is 4.79 Å². The quantitative estimate of drug-likeness (QED) is 0.888. The first-order valence-corrected chi connectivity index (χ1v) is 9.17. The van der Waals surface area contributed by atoms with Gasteiger partial charge < -0.3 is 14.8 Å². The number of aromatic nitrogens is 2. The lowest BCUT2D eigenvalue weighted by molar-refractivity contribution is -0.117. The van der Waals surface area contributed by atoms with E-state index in [1.807, 2.05) is 24.3 Å². The summed E-state index contributed by atoms with van der Waals surface area (Å²) in [6.45, 7) is 0. The third-order valence-corrected chi connectivity index (χ3v) is 5.24. The van der Waals surface area contributed by atoms with Crippen LogP contribution in [0.25, 0.3) is 0 Å². The third-order valence-electron chi connectivity index (χ3n) is 5.24. The maximum absolute atomic E-state index is 12.4. The Kier molecular flexibility index (Phi) is 4.73. The Bertz CT molecular complexity index is 785. The Morgan fingerprint density at radius 2 is 2.00 bits per heavy atom. The number of hydrogen-bond donors (Lipinski definition) is 1. The van der Waals surface area contributed by atoms with Crippen molar-refractivity contribution in [3.63, 3.8) is 0 Å². The van der Waals surface area contributed by atoms with Crippen molar-refractivity contribution in [1.82, 2.24) is 9.97 Å². The Balaban J connectivity index is 1.46. The summed E-state index contributed by atoms with van der Waals surface area (Å²) in [5, 5.41) is 2.97. The Morgan fingerprint density at radius 3 is 2.73 bits per heavy atom. The summed E-state index contributed by atoms with van der Waals surface area (Å²) in [6.07, 6.45) is 7.30.